The van der Waals surface area contributed by atoms with E-state index in [0.717, 1.165) is 10.5 Å². The highest BCUT2D eigenvalue weighted by Gasteiger charge is 2.24. The molecule has 0 saturated carbocycles. The number of thioether (sulfide) groups is 1. The molecular weight excluding hydrogens is 310 g/mol. The van der Waals surface area contributed by atoms with Gasteiger partial charge in [-0.25, -0.2) is 0 Å². The predicted molar refractivity (Wildman–Crippen MR) is 88.9 cm³/mol. The number of benzene rings is 2. The molecule has 0 aromatic heterocycles. The predicted octanol–water partition coefficient (Wildman–Crippen LogP) is 3.49. The van der Waals surface area contributed by atoms with E-state index in [4.69, 9.17) is 0 Å². The Balaban J connectivity index is 1.75. The number of carbonyl (C=O) groups excluding carboxylic acids is 2. The molecule has 3 rings (SSSR count). The average molecular weight is 325 g/mol. The van der Waals surface area contributed by atoms with Crippen LogP contribution in [0.2, 0.25) is 0 Å². The van der Waals surface area contributed by atoms with Crippen molar-refractivity contribution in [2.75, 3.05) is 12.8 Å². The zero-order chi connectivity index (χ0) is 16.2. The summed E-state index contributed by atoms with van der Waals surface area (Å²) in [5.74, 6) is -0.490. The highest BCUT2D eigenvalue weighted by atomic mass is 32.2. The fraction of sp³-hybridized carbons (Fsp3) is 0.176. The van der Waals surface area contributed by atoms with Gasteiger partial charge in [0.1, 0.15) is 6.04 Å². The zero-order valence-electron chi connectivity index (χ0n) is 12.5. The molecule has 116 valence electrons. The van der Waals surface area contributed by atoms with Gasteiger partial charge in [-0.15, -0.1) is 16.9 Å². The van der Waals surface area contributed by atoms with Crippen LogP contribution >= 0.6 is 11.8 Å². The summed E-state index contributed by atoms with van der Waals surface area (Å²) in [6.07, 6.45) is 1.93. The van der Waals surface area contributed by atoms with Crippen molar-refractivity contribution in [2.45, 2.75) is 10.9 Å². The van der Waals surface area contributed by atoms with Crippen LogP contribution in [0.15, 0.2) is 63.7 Å². The molecule has 0 fully saturated rings. The molecule has 0 saturated heterocycles. The van der Waals surface area contributed by atoms with Gasteiger partial charge < -0.3 is 5.32 Å². The Morgan fingerprint density at radius 3 is 2.74 bits per heavy atom. The third-order valence-corrected chi connectivity index (χ3v) is 4.44. The van der Waals surface area contributed by atoms with Crippen LogP contribution in [0.3, 0.4) is 0 Å². The number of nitrogens with one attached hydrogen (secondary N) is 1. The van der Waals surface area contributed by atoms with Crippen LogP contribution in [-0.2, 0) is 0 Å². The van der Waals surface area contributed by atoms with E-state index >= 15 is 0 Å². The first kappa shape index (κ1) is 15.4. The number of fused-ring (bicyclic) bond motifs is 1. The molecule has 1 heterocycles. The van der Waals surface area contributed by atoms with Gasteiger partial charge in [-0.2, -0.15) is 5.11 Å². The summed E-state index contributed by atoms with van der Waals surface area (Å²) in [5.41, 5.74) is 1.98. The normalized spacial score (nSPS) is 16.0. The topological polar surface area (TPSA) is 70.9 Å². The number of rotatable bonds is 4. The Bertz CT molecular complexity index is 789. The molecule has 0 bridgehead atoms. The van der Waals surface area contributed by atoms with E-state index in [1.54, 1.807) is 18.2 Å². The van der Waals surface area contributed by atoms with Crippen molar-refractivity contribution < 1.29 is 9.59 Å². The quantitative estimate of drug-likeness (QED) is 0.875. The van der Waals surface area contributed by atoms with Crippen LogP contribution in [-0.4, -0.2) is 24.6 Å². The van der Waals surface area contributed by atoms with Crippen molar-refractivity contribution in [3.05, 3.63) is 65.2 Å². The highest BCUT2D eigenvalue weighted by Crippen LogP contribution is 2.27. The number of hydrogen-bond donors (Lipinski definition) is 1. The van der Waals surface area contributed by atoms with Gasteiger partial charge in [0, 0.05) is 17.0 Å². The highest BCUT2D eigenvalue weighted by molar-refractivity contribution is 7.98. The van der Waals surface area contributed by atoms with Gasteiger partial charge in [-0.05, 0) is 30.0 Å². The van der Waals surface area contributed by atoms with Crippen molar-refractivity contribution in [3.8, 4) is 0 Å². The van der Waals surface area contributed by atoms with Gasteiger partial charge in [0.2, 0.25) is 0 Å². The third-order valence-electron chi connectivity index (χ3n) is 3.65. The molecule has 1 unspecified atom stereocenters. The molecule has 0 spiro atoms. The molecule has 1 N–H and O–H groups in total. The van der Waals surface area contributed by atoms with Crippen molar-refractivity contribution in [3.63, 3.8) is 0 Å². The van der Waals surface area contributed by atoms with E-state index in [1.165, 1.54) is 11.8 Å². The summed E-state index contributed by atoms with van der Waals surface area (Å²) in [5, 5.41) is 10.6. The molecular formula is C17H15N3O2S. The Morgan fingerprint density at radius 2 is 1.91 bits per heavy atom. The van der Waals surface area contributed by atoms with Crippen molar-refractivity contribution in [2.24, 2.45) is 10.2 Å². The standard InChI is InChI=1S/C17H15N3O2S/c1-23-15-9-5-4-8-13(15)16(21)18-10-14-11-6-2-3-7-12(11)17(22)20-19-14/h2-9,14H,10H2,1H3,(H,18,21). The van der Waals surface area contributed by atoms with E-state index in [1.807, 2.05) is 36.6 Å². The lowest BCUT2D eigenvalue weighted by Gasteiger charge is -2.18. The van der Waals surface area contributed by atoms with E-state index < -0.39 is 0 Å². The molecule has 23 heavy (non-hydrogen) atoms. The first-order chi connectivity index (χ1) is 11.2. The number of amides is 2. The van der Waals surface area contributed by atoms with Crippen LogP contribution in [0.4, 0.5) is 0 Å². The molecule has 2 aromatic carbocycles. The number of hydrogen-bond acceptors (Lipinski definition) is 4. The van der Waals surface area contributed by atoms with Gasteiger partial charge in [-0.3, -0.25) is 9.59 Å². The maximum absolute atomic E-state index is 12.4. The summed E-state index contributed by atoms with van der Waals surface area (Å²) in [4.78, 5) is 25.0. The average Bonchev–Trinajstić information content (AvgIpc) is 2.61. The van der Waals surface area contributed by atoms with Gasteiger partial charge in [0.25, 0.3) is 11.8 Å². The SMILES string of the molecule is CSc1ccccc1C(=O)NCC1N=NC(=O)c2ccccc21. The minimum atomic E-state index is -0.339. The fourth-order valence-electron chi connectivity index (χ4n) is 2.49. The summed E-state index contributed by atoms with van der Waals surface area (Å²) >= 11 is 1.53. The second-order valence-electron chi connectivity index (χ2n) is 5.03. The van der Waals surface area contributed by atoms with Crippen molar-refractivity contribution in [1.29, 1.82) is 0 Å². The van der Waals surface area contributed by atoms with Crippen molar-refractivity contribution in [1.82, 2.24) is 5.32 Å². The number of azo groups is 1. The van der Waals surface area contributed by atoms with Crippen LogP contribution in [0, 0.1) is 0 Å². The van der Waals surface area contributed by atoms with E-state index in [0.29, 0.717) is 17.7 Å². The lowest BCUT2D eigenvalue weighted by molar-refractivity contribution is 0.0947. The first-order valence-electron chi connectivity index (χ1n) is 7.16. The molecule has 5 nitrogen and oxygen atoms in total. The van der Waals surface area contributed by atoms with E-state index in [-0.39, 0.29) is 17.9 Å². The summed E-state index contributed by atoms with van der Waals surface area (Å²) in [6, 6.07) is 14.3. The molecule has 2 amide bonds. The van der Waals surface area contributed by atoms with Gasteiger partial charge in [0.15, 0.2) is 0 Å². The molecule has 6 heteroatoms. The van der Waals surface area contributed by atoms with Crippen molar-refractivity contribution >= 4 is 23.6 Å². The fourth-order valence-corrected chi connectivity index (χ4v) is 3.08. The smallest absolute Gasteiger partial charge is 0.295 e. The minimum absolute atomic E-state index is 0.153. The van der Waals surface area contributed by atoms with E-state index in [9.17, 15) is 9.59 Å². The molecule has 2 aromatic rings. The van der Waals surface area contributed by atoms with Crippen LogP contribution < -0.4 is 5.32 Å². The Morgan fingerprint density at radius 1 is 1.17 bits per heavy atom. The van der Waals surface area contributed by atoms with Gasteiger partial charge in [0.05, 0.1) is 5.56 Å². The maximum Gasteiger partial charge on any atom is 0.295 e. The molecule has 0 radical (unpaired) electrons. The van der Waals surface area contributed by atoms with Crippen LogP contribution in [0.1, 0.15) is 32.3 Å². The summed E-state index contributed by atoms with van der Waals surface area (Å²) in [6.45, 7) is 0.301. The number of carbonyl (C=O) groups is 2. The molecule has 0 aliphatic carbocycles. The Labute approximate surface area is 138 Å². The Kier molecular flexibility index (Phi) is 4.52. The lowest BCUT2D eigenvalue weighted by Crippen LogP contribution is -2.29. The maximum atomic E-state index is 12.4. The van der Waals surface area contributed by atoms with Crippen LogP contribution in [0.25, 0.3) is 0 Å². The minimum Gasteiger partial charge on any atom is -0.349 e. The second kappa shape index (κ2) is 6.75. The van der Waals surface area contributed by atoms with Gasteiger partial charge >= 0.3 is 0 Å². The summed E-state index contributed by atoms with van der Waals surface area (Å²) in [7, 11) is 0. The molecule has 1 aliphatic rings. The van der Waals surface area contributed by atoms with E-state index in [2.05, 4.69) is 15.5 Å². The van der Waals surface area contributed by atoms with Gasteiger partial charge in [-0.1, -0.05) is 30.3 Å². The Hall–Kier alpha value is -2.47. The molecule has 1 atom stereocenters. The first-order valence-corrected chi connectivity index (χ1v) is 8.38. The second-order valence-corrected chi connectivity index (χ2v) is 5.88. The number of nitrogens with zero attached hydrogens (tertiary/aromatic N) is 2. The largest absolute Gasteiger partial charge is 0.349 e. The monoisotopic (exact) mass is 325 g/mol. The lowest BCUT2D eigenvalue weighted by atomic mass is 9.99. The summed E-state index contributed by atoms with van der Waals surface area (Å²) < 4.78 is 0. The van der Waals surface area contributed by atoms with Crippen LogP contribution in [0.5, 0.6) is 0 Å². The third kappa shape index (κ3) is 3.17. The zero-order valence-corrected chi connectivity index (χ0v) is 13.3. The molecule has 1 aliphatic heterocycles.